The Kier molecular flexibility index (Phi) is 8.83. The van der Waals surface area contributed by atoms with E-state index in [1.54, 1.807) is 0 Å². The zero-order valence-electron chi connectivity index (χ0n) is 34.4. The van der Waals surface area contributed by atoms with Crippen molar-refractivity contribution in [1.29, 1.82) is 0 Å². The van der Waals surface area contributed by atoms with Crippen molar-refractivity contribution in [2.45, 2.75) is 0 Å². The SMILES string of the molecule is c1ccc(-c2ccc(N(c3ccc(-c4cccc(-n5c6ccccc6c6ccccc65)c4)cc3)c3ccccc3-c3ccc(-c4ccccc4)c4oc5ccccc5c34)cc2)cc1. The van der Waals surface area contributed by atoms with E-state index in [9.17, 15) is 0 Å². The number of furan rings is 1. The second kappa shape index (κ2) is 15.3. The molecule has 0 fully saturated rings. The second-order valence-electron chi connectivity index (χ2n) is 16.1. The summed E-state index contributed by atoms with van der Waals surface area (Å²) in [5, 5.41) is 4.72. The van der Waals surface area contributed by atoms with Gasteiger partial charge in [-0.1, -0.05) is 176 Å². The van der Waals surface area contributed by atoms with Gasteiger partial charge in [-0.2, -0.15) is 0 Å². The van der Waals surface area contributed by atoms with E-state index >= 15 is 0 Å². The van der Waals surface area contributed by atoms with Gasteiger partial charge in [0.1, 0.15) is 11.2 Å². The minimum Gasteiger partial charge on any atom is -0.455 e. The summed E-state index contributed by atoms with van der Waals surface area (Å²) in [6.07, 6.45) is 0. The van der Waals surface area contributed by atoms with Crippen molar-refractivity contribution in [3.63, 3.8) is 0 Å². The molecule has 296 valence electrons. The topological polar surface area (TPSA) is 21.3 Å². The highest BCUT2D eigenvalue weighted by atomic mass is 16.3. The molecule has 0 unspecified atom stereocenters. The fraction of sp³-hybridized carbons (Fsp3) is 0. The van der Waals surface area contributed by atoms with Crippen LogP contribution in [0.3, 0.4) is 0 Å². The van der Waals surface area contributed by atoms with Gasteiger partial charge in [-0.25, -0.2) is 0 Å². The van der Waals surface area contributed by atoms with E-state index < -0.39 is 0 Å². The molecule has 0 aliphatic heterocycles. The van der Waals surface area contributed by atoms with Gasteiger partial charge in [-0.3, -0.25) is 0 Å². The number of anilines is 3. The van der Waals surface area contributed by atoms with Crippen LogP contribution in [0.25, 0.3) is 93.9 Å². The molecule has 0 N–H and O–H groups in total. The summed E-state index contributed by atoms with van der Waals surface area (Å²) >= 11 is 0. The van der Waals surface area contributed by atoms with Gasteiger partial charge in [-0.15, -0.1) is 0 Å². The molecule has 0 saturated heterocycles. The van der Waals surface area contributed by atoms with Gasteiger partial charge in [0.25, 0.3) is 0 Å². The van der Waals surface area contributed by atoms with E-state index in [0.29, 0.717) is 0 Å². The summed E-state index contributed by atoms with van der Waals surface area (Å²) in [7, 11) is 0. The molecular formula is C60H40N2O. The minimum absolute atomic E-state index is 0.876. The van der Waals surface area contributed by atoms with Crippen molar-refractivity contribution in [2.75, 3.05) is 4.90 Å². The van der Waals surface area contributed by atoms with Crippen LogP contribution in [0.5, 0.6) is 0 Å². The third-order valence-electron chi connectivity index (χ3n) is 12.4. The fourth-order valence-corrected chi connectivity index (χ4v) is 9.48. The van der Waals surface area contributed by atoms with Crippen molar-refractivity contribution in [3.05, 3.63) is 243 Å². The number of nitrogens with zero attached hydrogens (tertiary/aromatic N) is 2. The molecule has 0 bridgehead atoms. The van der Waals surface area contributed by atoms with E-state index in [1.165, 1.54) is 32.9 Å². The Labute approximate surface area is 366 Å². The predicted molar refractivity (Wildman–Crippen MR) is 264 cm³/mol. The molecule has 3 heteroatoms. The molecule has 0 amide bonds. The lowest BCUT2D eigenvalue weighted by Gasteiger charge is -2.28. The van der Waals surface area contributed by atoms with E-state index in [2.05, 4.69) is 246 Å². The van der Waals surface area contributed by atoms with Crippen LogP contribution in [-0.2, 0) is 0 Å². The molecule has 0 radical (unpaired) electrons. The molecule has 2 aromatic heterocycles. The molecule has 2 heterocycles. The number of para-hydroxylation sites is 4. The van der Waals surface area contributed by atoms with Crippen LogP contribution in [0.15, 0.2) is 247 Å². The highest BCUT2D eigenvalue weighted by Crippen LogP contribution is 2.47. The number of hydrogen-bond acceptors (Lipinski definition) is 2. The third-order valence-corrected chi connectivity index (χ3v) is 12.4. The van der Waals surface area contributed by atoms with Gasteiger partial charge in [0.15, 0.2) is 0 Å². The van der Waals surface area contributed by atoms with Crippen LogP contribution in [0.4, 0.5) is 17.1 Å². The van der Waals surface area contributed by atoms with Crippen molar-refractivity contribution in [1.82, 2.24) is 4.57 Å². The molecule has 10 aromatic carbocycles. The molecule has 0 atom stereocenters. The predicted octanol–water partition coefficient (Wildman–Crippen LogP) is 16.8. The van der Waals surface area contributed by atoms with Gasteiger partial charge in [0.05, 0.1) is 16.7 Å². The molecule has 63 heavy (non-hydrogen) atoms. The molecule has 0 saturated carbocycles. The Bertz CT molecular complexity index is 3550. The van der Waals surface area contributed by atoms with Crippen molar-refractivity contribution < 1.29 is 4.42 Å². The maximum absolute atomic E-state index is 6.74. The van der Waals surface area contributed by atoms with Crippen LogP contribution < -0.4 is 4.90 Å². The quantitative estimate of drug-likeness (QED) is 0.153. The molecule has 0 aliphatic carbocycles. The number of hydrogen-bond donors (Lipinski definition) is 0. The Morgan fingerprint density at radius 1 is 0.333 bits per heavy atom. The number of fused-ring (bicyclic) bond motifs is 6. The van der Waals surface area contributed by atoms with Crippen molar-refractivity contribution in [2.24, 2.45) is 0 Å². The van der Waals surface area contributed by atoms with Crippen LogP contribution in [0.1, 0.15) is 0 Å². The number of rotatable bonds is 8. The minimum atomic E-state index is 0.876. The number of benzene rings is 10. The summed E-state index contributed by atoms with van der Waals surface area (Å²) in [6.45, 7) is 0. The van der Waals surface area contributed by atoms with Gasteiger partial charge in [0.2, 0.25) is 0 Å². The fourth-order valence-electron chi connectivity index (χ4n) is 9.48. The maximum atomic E-state index is 6.74. The summed E-state index contributed by atoms with van der Waals surface area (Å²) in [5.41, 5.74) is 17.6. The Hall–Kier alpha value is -8.40. The molecular weight excluding hydrogens is 765 g/mol. The Morgan fingerprint density at radius 2 is 0.841 bits per heavy atom. The Morgan fingerprint density at radius 3 is 1.52 bits per heavy atom. The molecule has 0 spiro atoms. The van der Waals surface area contributed by atoms with Crippen LogP contribution in [0, 0.1) is 0 Å². The zero-order chi connectivity index (χ0) is 41.7. The summed E-state index contributed by atoms with van der Waals surface area (Å²) in [5.74, 6) is 0. The summed E-state index contributed by atoms with van der Waals surface area (Å²) in [4.78, 5) is 2.39. The third kappa shape index (κ3) is 6.29. The second-order valence-corrected chi connectivity index (χ2v) is 16.1. The van der Waals surface area contributed by atoms with Gasteiger partial charge >= 0.3 is 0 Å². The van der Waals surface area contributed by atoms with E-state index in [4.69, 9.17) is 4.42 Å². The Balaban J connectivity index is 1.00. The normalized spacial score (nSPS) is 11.5. The average molecular weight is 805 g/mol. The van der Waals surface area contributed by atoms with E-state index in [1.807, 2.05) is 6.07 Å². The highest BCUT2D eigenvalue weighted by Gasteiger charge is 2.22. The molecule has 0 aliphatic rings. The van der Waals surface area contributed by atoms with Crippen LogP contribution in [0.2, 0.25) is 0 Å². The molecule has 12 aromatic rings. The van der Waals surface area contributed by atoms with Gasteiger partial charge < -0.3 is 13.9 Å². The van der Waals surface area contributed by atoms with Gasteiger partial charge in [0, 0.05) is 49.7 Å². The van der Waals surface area contributed by atoms with Gasteiger partial charge in [-0.05, 0) is 100 Å². The highest BCUT2D eigenvalue weighted by molar-refractivity contribution is 6.17. The summed E-state index contributed by atoms with van der Waals surface area (Å²) < 4.78 is 9.12. The largest absolute Gasteiger partial charge is 0.455 e. The monoisotopic (exact) mass is 804 g/mol. The van der Waals surface area contributed by atoms with Crippen molar-refractivity contribution >= 4 is 60.8 Å². The smallest absolute Gasteiger partial charge is 0.143 e. The first-order chi connectivity index (χ1) is 31.3. The first-order valence-electron chi connectivity index (χ1n) is 21.5. The molecule has 12 rings (SSSR count). The van der Waals surface area contributed by atoms with E-state index in [-0.39, 0.29) is 0 Å². The van der Waals surface area contributed by atoms with Crippen molar-refractivity contribution in [3.8, 4) is 50.2 Å². The lowest BCUT2D eigenvalue weighted by atomic mass is 9.93. The van der Waals surface area contributed by atoms with Crippen LogP contribution >= 0.6 is 0 Å². The standard InChI is InChI=1S/C60H40N2O/c1-3-16-41(17-4-1)42-30-34-46(35-31-42)61(47-36-32-43(33-37-47)45-20-15-21-48(40-45)62-56-27-12-7-22-50(56)51-23-8-13-28-57(51)62)55-26-11-9-24-52(55)53-39-38-49(44-18-5-2-6-19-44)60-59(53)54-25-10-14-29-58(54)63-60/h1-40H. The molecule has 3 nitrogen and oxygen atoms in total. The average Bonchev–Trinajstić information content (AvgIpc) is 3.92. The zero-order valence-corrected chi connectivity index (χ0v) is 34.4. The number of aromatic nitrogens is 1. The maximum Gasteiger partial charge on any atom is 0.143 e. The lowest BCUT2D eigenvalue weighted by Crippen LogP contribution is -2.11. The van der Waals surface area contributed by atoms with E-state index in [0.717, 1.165) is 78.1 Å². The first-order valence-corrected chi connectivity index (χ1v) is 21.5. The lowest BCUT2D eigenvalue weighted by molar-refractivity contribution is 0.670. The summed E-state index contributed by atoms with van der Waals surface area (Å²) in [6, 6.07) is 87.0. The van der Waals surface area contributed by atoms with Crippen LogP contribution in [-0.4, -0.2) is 4.57 Å². The first kappa shape index (κ1) is 36.5.